The highest BCUT2D eigenvalue weighted by molar-refractivity contribution is 8.00. The molecule has 218 valence electrons. The molecule has 2 heterocycles. The van der Waals surface area contributed by atoms with Crippen LogP contribution in [0.1, 0.15) is 84.6 Å². The van der Waals surface area contributed by atoms with Gasteiger partial charge in [0, 0.05) is 15.9 Å². The van der Waals surface area contributed by atoms with Gasteiger partial charge in [0.05, 0.1) is 10.9 Å². The number of nitrogens with zero attached hydrogens (tertiary/aromatic N) is 1. The summed E-state index contributed by atoms with van der Waals surface area (Å²) < 4.78 is 2.38. The van der Waals surface area contributed by atoms with E-state index < -0.39 is 0 Å². The van der Waals surface area contributed by atoms with Gasteiger partial charge in [-0.3, -0.25) is 0 Å². The van der Waals surface area contributed by atoms with Crippen molar-refractivity contribution in [3.8, 4) is 11.3 Å². The summed E-state index contributed by atoms with van der Waals surface area (Å²) >= 11 is 2.04. The second-order valence-electron chi connectivity index (χ2n) is 16.5. The van der Waals surface area contributed by atoms with Crippen molar-refractivity contribution in [2.75, 3.05) is 0 Å². The summed E-state index contributed by atoms with van der Waals surface area (Å²) in [5.41, 5.74) is 9.27. The SMILES string of the molecule is Cc1c2c(c(CC(C)(C)C)c3ccc(CC(C)(C)C)cc13)Sc1c3cc(CC(C)(C)C)ccc3cc3cc[n+](C)c-2c13. The smallest absolute Gasteiger partial charge is 0.200 e. The molecule has 0 bridgehead atoms. The molecule has 0 radical (unpaired) electrons. The summed E-state index contributed by atoms with van der Waals surface area (Å²) in [7, 11) is 2.24. The van der Waals surface area contributed by atoms with Crippen molar-refractivity contribution < 1.29 is 4.57 Å². The van der Waals surface area contributed by atoms with Crippen molar-refractivity contribution in [2.24, 2.45) is 23.3 Å². The zero-order valence-corrected chi connectivity index (χ0v) is 28.5. The molecule has 0 N–H and O–H groups in total. The summed E-state index contributed by atoms with van der Waals surface area (Å²) in [5.74, 6) is 0. The highest BCUT2D eigenvalue weighted by Crippen LogP contribution is 2.54. The molecule has 1 aromatic heterocycles. The van der Waals surface area contributed by atoms with E-state index in [1.54, 1.807) is 0 Å². The highest BCUT2D eigenvalue weighted by Gasteiger charge is 2.34. The molecule has 42 heavy (non-hydrogen) atoms. The number of hydrogen-bond donors (Lipinski definition) is 0. The number of rotatable bonds is 3. The van der Waals surface area contributed by atoms with Gasteiger partial charge in [0.2, 0.25) is 5.69 Å². The van der Waals surface area contributed by atoms with Crippen LogP contribution in [0.5, 0.6) is 0 Å². The van der Waals surface area contributed by atoms with Crippen LogP contribution in [-0.2, 0) is 26.3 Å². The van der Waals surface area contributed by atoms with Gasteiger partial charge in [0.15, 0.2) is 6.20 Å². The fraction of sp³-hybridized carbons (Fsp3) is 0.425. The van der Waals surface area contributed by atoms with E-state index in [0.717, 1.165) is 19.3 Å². The molecule has 0 fully saturated rings. The van der Waals surface area contributed by atoms with Crippen molar-refractivity contribution in [1.82, 2.24) is 0 Å². The Kier molecular flexibility index (Phi) is 6.85. The summed E-state index contributed by atoms with van der Waals surface area (Å²) in [5, 5.41) is 8.33. The molecule has 1 aliphatic heterocycles. The molecule has 2 heteroatoms. The molecular formula is C40H48NS+. The van der Waals surface area contributed by atoms with Gasteiger partial charge in [-0.05, 0) is 104 Å². The molecule has 0 amide bonds. The van der Waals surface area contributed by atoms with E-state index in [1.165, 1.54) is 75.6 Å². The maximum absolute atomic E-state index is 2.50. The third-order valence-electron chi connectivity index (χ3n) is 8.56. The van der Waals surface area contributed by atoms with Gasteiger partial charge in [-0.2, -0.15) is 0 Å². The van der Waals surface area contributed by atoms with Crippen LogP contribution in [0.3, 0.4) is 0 Å². The van der Waals surface area contributed by atoms with Crippen LogP contribution in [0.15, 0.2) is 64.5 Å². The predicted molar refractivity (Wildman–Crippen MR) is 184 cm³/mol. The predicted octanol–water partition coefficient (Wildman–Crippen LogP) is 11.2. The molecule has 1 nitrogen and oxygen atoms in total. The van der Waals surface area contributed by atoms with Crippen LogP contribution in [-0.4, -0.2) is 0 Å². The lowest BCUT2D eigenvalue weighted by Crippen LogP contribution is -2.32. The Labute approximate surface area is 257 Å². The van der Waals surface area contributed by atoms with Gasteiger partial charge in [-0.15, -0.1) is 0 Å². The van der Waals surface area contributed by atoms with Crippen LogP contribution < -0.4 is 4.57 Å². The monoisotopic (exact) mass is 574 g/mol. The molecule has 0 saturated carbocycles. The van der Waals surface area contributed by atoms with Gasteiger partial charge < -0.3 is 0 Å². The molecule has 5 aromatic rings. The van der Waals surface area contributed by atoms with Crippen molar-refractivity contribution in [2.45, 2.75) is 98.3 Å². The van der Waals surface area contributed by atoms with Crippen LogP contribution >= 0.6 is 11.8 Å². The molecule has 4 aromatic carbocycles. The van der Waals surface area contributed by atoms with Gasteiger partial charge >= 0.3 is 0 Å². The average molecular weight is 575 g/mol. The Morgan fingerprint density at radius 2 is 1.21 bits per heavy atom. The molecule has 0 spiro atoms. The number of hydrogen-bond acceptors (Lipinski definition) is 1. The molecule has 0 unspecified atom stereocenters. The zero-order valence-electron chi connectivity index (χ0n) is 27.7. The molecule has 0 aliphatic carbocycles. The minimum atomic E-state index is 0.174. The summed E-state index contributed by atoms with van der Waals surface area (Å²) in [6.07, 6.45) is 5.47. The zero-order chi connectivity index (χ0) is 30.4. The fourth-order valence-electron chi connectivity index (χ4n) is 7.05. The topological polar surface area (TPSA) is 3.88 Å². The van der Waals surface area contributed by atoms with E-state index in [9.17, 15) is 0 Å². The van der Waals surface area contributed by atoms with Crippen LogP contribution in [0, 0.1) is 23.2 Å². The molecule has 1 aliphatic rings. The van der Waals surface area contributed by atoms with Crippen LogP contribution in [0.25, 0.3) is 43.6 Å². The van der Waals surface area contributed by atoms with Crippen molar-refractivity contribution in [3.63, 3.8) is 0 Å². The first-order valence-electron chi connectivity index (χ1n) is 15.6. The minimum absolute atomic E-state index is 0.174. The van der Waals surface area contributed by atoms with Crippen molar-refractivity contribution in [3.05, 3.63) is 77.0 Å². The standard InChI is InChI=1S/C40H48NS/c1-24-30-18-26(22-39(5,6)7)13-15-29(30)32(23-40(8,9)10)37-33(24)35-34-28(16-17-41(35)11)20-27-14-12-25(21-38(2,3)4)19-31(27)36(34)42-37/h12-20H,21-23H2,1-11H3/q+1. The average Bonchev–Trinajstić information content (AvgIpc) is 2.85. The Morgan fingerprint density at radius 3 is 1.83 bits per heavy atom. The van der Waals surface area contributed by atoms with E-state index in [4.69, 9.17) is 0 Å². The first-order chi connectivity index (χ1) is 19.5. The second kappa shape index (κ2) is 9.84. The number of aromatic nitrogens is 1. The molecule has 6 rings (SSSR count). The number of aryl methyl sites for hydroxylation is 2. The van der Waals surface area contributed by atoms with Gasteiger partial charge in [-0.25, -0.2) is 4.57 Å². The largest absolute Gasteiger partial charge is 0.222 e. The van der Waals surface area contributed by atoms with E-state index in [-0.39, 0.29) is 16.2 Å². The minimum Gasteiger partial charge on any atom is -0.200 e. The van der Waals surface area contributed by atoms with Gasteiger partial charge in [-0.1, -0.05) is 104 Å². The first-order valence-corrected chi connectivity index (χ1v) is 16.5. The van der Waals surface area contributed by atoms with E-state index in [2.05, 4.69) is 136 Å². The Bertz CT molecular complexity index is 1890. The lowest BCUT2D eigenvalue weighted by atomic mass is 9.81. The first kappa shape index (κ1) is 29.2. The number of pyridine rings is 1. The lowest BCUT2D eigenvalue weighted by molar-refractivity contribution is -0.659. The van der Waals surface area contributed by atoms with Crippen LogP contribution in [0.2, 0.25) is 0 Å². The van der Waals surface area contributed by atoms with E-state index in [1.807, 2.05) is 11.8 Å². The van der Waals surface area contributed by atoms with E-state index >= 15 is 0 Å². The van der Waals surface area contributed by atoms with Crippen LogP contribution in [0.4, 0.5) is 0 Å². The quantitative estimate of drug-likeness (QED) is 0.150. The Balaban J connectivity index is 1.72. The molecular weight excluding hydrogens is 527 g/mol. The third kappa shape index (κ3) is 5.37. The highest BCUT2D eigenvalue weighted by atomic mass is 32.2. The maximum atomic E-state index is 2.50. The van der Waals surface area contributed by atoms with E-state index in [0.29, 0.717) is 0 Å². The van der Waals surface area contributed by atoms with Crippen molar-refractivity contribution >= 4 is 44.1 Å². The fourth-order valence-corrected chi connectivity index (χ4v) is 8.52. The summed E-state index contributed by atoms with van der Waals surface area (Å²) in [4.78, 5) is 2.89. The number of fused-ring (bicyclic) bond motifs is 5. The summed E-state index contributed by atoms with van der Waals surface area (Å²) in [6, 6.07) is 19.2. The maximum Gasteiger partial charge on any atom is 0.222 e. The van der Waals surface area contributed by atoms with Gasteiger partial charge in [0.1, 0.15) is 7.05 Å². The molecule has 0 saturated heterocycles. The second-order valence-corrected chi connectivity index (χ2v) is 17.5. The summed E-state index contributed by atoms with van der Waals surface area (Å²) in [6.45, 7) is 23.6. The third-order valence-corrected chi connectivity index (χ3v) is 9.85. The number of benzene rings is 4. The Morgan fingerprint density at radius 1 is 0.619 bits per heavy atom. The van der Waals surface area contributed by atoms with Gasteiger partial charge in [0.25, 0.3) is 0 Å². The Hall–Kier alpha value is -2.84. The normalized spacial score (nSPS) is 13.8. The van der Waals surface area contributed by atoms with Crippen molar-refractivity contribution in [1.29, 1.82) is 0 Å². The lowest BCUT2D eigenvalue weighted by Gasteiger charge is -2.29. The molecule has 0 atom stereocenters.